The maximum Gasteiger partial charge on any atom is 0.329 e. The Bertz CT molecular complexity index is 106. The molecule has 0 aromatic heterocycles. The van der Waals surface area contributed by atoms with Gasteiger partial charge in [0, 0.05) is 21.1 Å². The van der Waals surface area contributed by atoms with Gasteiger partial charge >= 0.3 is 9.28 Å². The molecular weight excluding hydrogens is 395 g/mol. The zero-order chi connectivity index (χ0) is 7.23. The molecule has 0 aromatic carbocycles. The van der Waals surface area contributed by atoms with E-state index in [-0.39, 0.29) is 21.1 Å². The van der Waals surface area contributed by atoms with Crippen molar-refractivity contribution in [1.82, 2.24) is 0 Å². The Morgan fingerprint density at radius 3 is 2.09 bits per heavy atom. The average molecular weight is 406 g/mol. The van der Waals surface area contributed by atoms with Gasteiger partial charge < -0.3 is 16.5 Å². The Hall–Kier alpha value is 1.14. The van der Waals surface area contributed by atoms with Crippen molar-refractivity contribution < 1.29 is 37.5 Å². The van der Waals surface area contributed by atoms with Crippen molar-refractivity contribution in [1.29, 1.82) is 0 Å². The van der Waals surface area contributed by atoms with E-state index >= 15 is 0 Å². The molecule has 1 heterocycles. The molecule has 1 fully saturated rings. The molecule has 9 heteroatoms. The minimum atomic E-state index is -1.52. The molecule has 4 nitrogen and oxygen atoms in total. The summed E-state index contributed by atoms with van der Waals surface area (Å²) in [5.41, 5.74) is 1.76. The van der Waals surface area contributed by atoms with Gasteiger partial charge in [0.05, 0.1) is 0 Å². The predicted molar refractivity (Wildman–Crippen MR) is 47.3 cm³/mol. The fourth-order valence-electron chi connectivity index (χ4n) is 0.542. The first-order chi connectivity index (χ1) is 4.93. The fourth-order valence-corrected chi connectivity index (χ4v) is 8.53. The molecule has 0 amide bonds. The Labute approximate surface area is 88.9 Å². The summed E-state index contributed by atoms with van der Waals surface area (Å²) < 4.78 is 21.0. The van der Waals surface area contributed by atoms with Crippen molar-refractivity contribution in [2.24, 2.45) is 0 Å². The van der Waals surface area contributed by atoms with Crippen LogP contribution in [0, 0.1) is 0 Å². The van der Waals surface area contributed by atoms with Crippen LogP contribution in [0.25, 0.3) is 0 Å². The van der Waals surface area contributed by atoms with E-state index in [0.29, 0.717) is 0 Å². The summed E-state index contributed by atoms with van der Waals surface area (Å²) in [6, 6.07) is 0. The van der Waals surface area contributed by atoms with Crippen LogP contribution in [0.1, 0.15) is 0 Å². The van der Waals surface area contributed by atoms with Crippen LogP contribution < -0.4 is 0 Å². The molecule has 1 aliphatic rings. The summed E-state index contributed by atoms with van der Waals surface area (Å²) in [7, 11) is -3.80. The van der Waals surface area contributed by atoms with Crippen molar-refractivity contribution in [2.45, 2.75) is 0 Å². The molecule has 0 aliphatic carbocycles. The maximum absolute atomic E-state index is 5.34. The number of rotatable bonds is 1. The monoisotopic (exact) mass is 405 g/mol. The van der Waals surface area contributed by atoms with E-state index < -0.39 is 39.3 Å². The van der Waals surface area contributed by atoms with E-state index in [9.17, 15) is 0 Å². The van der Waals surface area contributed by atoms with Crippen LogP contribution in [0.3, 0.4) is 0 Å². The van der Waals surface area contributed by atoms with Gasteiger partial charge in [-0.05, 0) is 0 Å². The average Bonchev–Trinajstić information content (AvgIpc) is 1.87. The van der Waals surface area contributed by atoms with Crippen LogP contribution in [0.4, 0.5) is 0 Å². The van der Waals surface area contributed by atoms with E-state index in [1.165, 1.54) is 0 Å². The Balaban J connectivity index is 0.000001000. The van der Waals surface area contributed by atoms with Crippen LogP contribution in [0.15, 0.2) is 12.3 Å². The molecule has 0 saturated carbocycles. The minimum absolute atomic E-state index is 0. The first-order valence-corrected chi connectivity index (χ1v) is 8.02. The van der Waals surface area contributed by atoms with Gasteiger partial charge in [-0.1, -0.05) is 5.70 Å². The standard InChI is InChI=1S/C2H10O4Si4.Pt/c1-2-10-5-8-3-7-4-9-6-10;/h2,10H,1,7-9H2;. The third-order valence-electron chi connectivity index (χ3n) is 0.990. The number of hydrogen-bond acceptors (Lipinski definition) is 4. The largest absolute Gasteiger partial charge is 0.425 e. The van der Waals surface area contributed by atoms with Gasteiger partial charge in [-0.25, -0.2) is 0 Å². The summed E-state index contributed by atoms with van der Waals surface area (Å²) in [5.74, 6) is 0. The summed E-state index contributed by atoms with van der Waals surface area (Å²) in [5, 5.41) is 0. The van der Waals surface area contributed by atoms with Gasteiger partial charge in [0.1, 0.15) is 0 Å². The number of hydrogen-bond donors (Lipinski definition) is 0. The van der Waals surface area contributed by atoms with E-state index in [0.717, 1.165) is 0 Å². The van der Waals surface area contributed by atoms with Crippen molar-refractivity contribution in [2.75, 3.05) is 0 Å². The van der Waals surface area contributed by atoms with Gasteiger partial charge in [0.15, 0.2) is 0 Å². The van der Waals surface area contributed by atoms with E-state index in [2.05, 4.69) is 6.58 Å². The Kier molecular flexibility index (Phi) is 8.57. The molecule has 68 valence electrons. The molecular formula is C2H10O4PtSi4. The van der Waals surface area contributed by atoms with Crippen molar-refractivity contribution in [3.05, 3.63) is 12.3 Å². The van der Waals surface area contributed by atoms with Crippen LogP contribution in [-0.2, 0) is 37.5 Å². The molecule has 1 rings (SSSR count). The molecule has 1 aliphatic heterocycles. The molecule has 0 spiro atoms. The molecule has 1 saturated heterocycles. The second kappa shape index (κ2) is 7.77. The second-order valence-corrected chi connectivity index (χ2v) is 9.55. The predicted octanol–water partition coefficient (Wildman–Crippen LogP) is -2.99. The second-order valence-electron chi connectivity index (χ2n) is 1.70. The summed E-state index contributed by atoms with van der Waals surface area (Å²) in [6.07, 6.45) is 0. The quantitative estimate of drug-likeness (QED) is 0.436. The van der Waals surface area contributed by atoms with Gasteiger partial charge in [-0.15, -0.1) is 6.58 Å². The van der Waals surface area contributed by atoms with Crippen molar-refractivity contribution in [3.63, 3.8) is 0 Å². The Morgan fingerprint density at radius 1 is 1.09 bits per heavy atom. The van der Waals surface area contributed by atoms with Gasteiger partial charge in [0.2, 0.25) is 0 Å². The maximum atomic E-state index is 5.34. The fraction of sp³-hybridized carbons (Fsp3) is 0. The van der Waals surface area contributed by atoms with Crippen LogP contribution in [0.2, 0.25) is 0 Å². The smallest absolute Gasteiger partial charge is 0.329 e. The van der Waals surface area contributed by atoms with Crippen molar-refractivity contribution in [3.8, 4) is 0 Å². The first-order valence-electron chi connectivity index (χ1n) is 2.95. The summed E-state index contributed by atoms with van der Waals surface area (Å²) in [6.45, 7) is 3.61. The molecule has 0 atom stereocenters. The minimum Gasteiger partial charge on any atom is -0.425 e. The topological polar surface area (TPSA) is 36.9 Å². The zero-order valence-corrected chi connectivity index (χ0v) is 13.6. The molecule has 11 heavy (non-hydrogen) atoms. The van der Waals surface area contributed by atoms with Crippen molar-refractivity contribution >= 4 is 39.3 Å². The SMILES string of the molecule is C=C[SiH]1O[SiH2]O[SiH2]O[SiH2]O1.[Pt]. The molecule has 0 aromatic rings. The molecule has 0 N–H and O–H groups in total. The van der Waals surface area contributed by atoms with Crippen LogP contribution in [-0.4, -0.2) is 39.3 Å². The van der Waals surface area contributed by atoms with Gasteiger partial charge in [-0.2, -0.15) is 0 Å². The van der Waals surface area contributed by atoms with E-state index in [1.54, 1.807) is 5.70 Å². The summed E-state index contributed by atoms with van der Waals surface area (Å²) >= 11 is 0. The first kappa shape index (κ1) is 12.1. The Morgan fingerprint density at radius 2 is 1.64 bits per heavy atom. The third kappa shape index (κ3) is 5.39. The van der Waals surface area contributed by atoms with Gasteiger partial charge in [-0.3, -0.25) is 0 Å². The van der Waals surface area contributed by atoms with E-state index in [1.807, 2.05) is 0 Å². The normalized spacial score (nSPS) is 32.5. The third-order valence-corrected chi connectivity index (χ3v) is 7.76. The van der Waals surface area contributed by atoms with Gasteiger partial charge in [0.25, 0.3) is 30.0 Å². The summed E-state index contributed by atoms with van der Waals surface area (Å²) in [4.78, 5) is 0. The molecule has 0 radical (unpaired) electrons. The molecule has 0 unspecified atom stereocenters. The van der Waals surface area contributed by atoms with Crippen LogP contribution >= 0.6 is 0 Å². The zero-order valence-electron chi connectivity index (χ0n) is 5.93. The molecule has 0 bridgehead atoms. The van der Waals surface area contributed by atoms with Crippen LogP contribution in [0.5, 0.6) is 0 Å². The van der Waals surface area contributed by atoms with E-state index in [4.69, 9.17) is 16.5 Å².